The fourth-order valence-electron chi connectivity index (χ4n) is 4.11. The fourth-order valence-corrected chi connectivity index (χ4v) is 4.84. The van der Waals surface area contributed by atoms with E-state index in [1.165, 1.54) is 0 Å². The molecule has 196 valence electrons. The van der Waals surface area contributed by atoms with Crippen LogP contribution in [0.15, 0.2) is 48.7 Å². The zero-order valence-electron chi connectivity index (χ0n) is 19.6. The number of likely N-dealkylation sites (tertiary alicyclic amines) is 1. The first kappa shape index (κ1) is 27.0. The zero-order chi connectivity index (χ0) is 27.0. The highest BCUT2D eigenvalue weighted by atomic mass is 127. The number of hydrogen-bond acceptors (Lipinski definition) is 3. The van der Waals surface area contributed by atoms with Gasteiger partial charge in [-0.2, -0.15) is 27.1 Å². The second-order valence-electron chi connectivity index (χ2n) is 8.74. The Morgan fingerprint density at radius 3 is 2.41 bits per heavy atom. The summed E-state index contributed by atoms with van der Waals surface area (Å²) >= 11 is 2.04. The number of anilines is 1. The molecule has 1 aliphatic heterocycles. The quantitative estimate of drug-likeness (QED) is 0.269. The maximum absolute atomic E-state index is 13.5. The molecule has 0 radical (unpaired) electrons. The van der Waals surface area contributed by atoms with Gasteiger partial charge in [-0.15, -0.1) is 0 Å². The van der Waals surface area contributed by atoms with E-state index in [2.05, 4.69) is 10.4 Å². The number of benzene rings is 2. The molecule has 1 saturated heterocycles. The number of amides is 2. The van der Waals surface area contributed by atoms with E-state index in [1.54, 1.807) is 48.2 Å². The van der Waals surface area contributed by atoms with Crippen LogP contribution in [0.1, 0.15) is 50.4 Å². The van der Waals surface area contributed by atoms with Crippen LogP contribution in [0.4, 0.5) is 27.6 Å². The van der Waals surface area contributed by atoms with Gasteiger partial charge in [-0.3, -0.25) is 14.3 Å². The van der Waals surface area contributed by atoms with Crippen molar-refractivity contribution in [1.82, 2.24) is 14.7 Å². The Morgan fingerprint density at radius 2 is 1.76 bits per heavy atom. The van der Waals surface area contributed by atoms with Crippen molar-refractivity contribution >= 4 is 40.1 Å². The van der Waals surface area contributed by atoms with Crippen molar-refractivity contribution < 1.29 is 31.5 Å². The molecule has 1 N–H and O–H groups in total. The zero-order valence-corrected chi connectivity index (χ0v) is 21.7. The standard InChI is InChI=1S/C25H22F5IN4O2/c1-15-13-16(14-35-12-9-20(33-35)24(26,27)25(28,29)30)7-8-19(15)32-22(36)17-5-4-6-18(31)21(17)23(37)34-10-2-3-11-34/h4-9,12-13H,2-3,10-11,14H2,1H3,(H,32,36). The number of rotatable bonds is 6. The molecule has 3 aromatic rings. The number of nitrogens with zero attached hydrogens (tertiary/aromatic N) is 3. The molecule has 12 heteroatoms. The molecule has 1 aliphatic rings. The molecule has 0 unspecified atom stereocenters. The van der Waals surface area contributed by atoms with Crippen LogP contribution in [0.2, 0.25) is 0 Å². The molecular weight excluding hydrogens is 610 g/mol. The summed E-state index contributed by atoms with van der Waals surface area (Å²) in [6.07, 6.45) is -2.84. The van der Waals surface area contributed by atoms with E-state index in [0.29, 0.717) is 45.1 Å². The normalized spacial score (nSPS) is 14.2. The average Bonchev–Trinajstić information content (AvgIpc) is 3.52. The van der Waals surface area contributed by atoms with Crippen LogP contribution >= 0.6 is 22.6 Å². The minimum Gasteiger partial charge on any atom is -0.339 e. The SMILES string of the molecule is Cc1cc(Cn2ccc(C(F)(F)C(F)(F)F)n2)ccc1NC(=O)c1cccc(I)c1C(=O)N1CCCC1. The minimum absolute atomic E-state index is 0.0473. The molecule has 0 aliphatic carbocycles. The minimum atomic E-state index is -5.74. The van der Waals surface area contributed by atoms with Gasteiger partial charge in [0, 0.05) is 28.5 Å². The number of carbonyl (C=O) groups is 2. The monoisotopic (exact) mass is 632 g/mol. The van der Waals surface area contributed by atoms with Gasteiger partial charge in [0.15, 0.2) is 0 Å². The highest BCUT2D eigenvalue weighted by Gasteiger charge is 2.60. The van der Waals surface area contributed by atoms with Crippen molar-refractivity contribution in [2.24, 2.45) is 0 Å². The Bertz CT molecular complexity index is 1330. The highest BCUT2D eigenvalue weighted by Crippen LogP contribution is 2.43. The van der Waals surface area contributed by atoms with Crippen LogP contribution in [-0.4, -0.2) is 45.8 Å². The van der Waals surface area contributed by atoms with Gasteiger partial charge in [-0.1, -0.05) is 18.2 Å². The topological polar surface area (TPSA) is 67.2 Å². The molecular formula is C25H22F5IN4O2. The molecule has 0 saturated carbocycles. The van der Waals surface area contributed by atoms with Crippen molar-refractivity contribution in [3.8, 4) is 0 Å². The van der Waals surface area contributed by atoms with E-state index in [0.717, 1.165) is 23.7 Å². The first-order valence-corrected chi connectivity index (χ1v) is 12.4. The Hall–Kier alpha value is -3.03. The first-order chi connectivity index (χ1) is 17.4. The highest BCUT2D eigenvalue weighted by molar-refractivity contribution is 14.1. The average molecular weight is 632 g/mol. The Labute approximate surface area is 223 Å². The smallest absolute Gasteiger partial charge is 0.339 e. The summed E-state index contributed by atoms with van der Waals surface area (Å²) in [7, 11) is 0. The molecule has 6 nitrogen and oxygen atoms in total. The predicted octanol–water partition coefficient (Wildman–Crippen LogP) is 5.99. The van der Waals surface area contributed by atoms with E-state index >= 15 is 0 Å². The first-order valence-electron chi connectivity index (χ1n) is 11.4. The third kappa shape index (κ3) is 5.63. The predicted molar refractivity (Wildman–Crippen MR) is 135 cm³/mol. The molecule has 1 aromatic heterocycles. The van der Waals surface area contributed by atoms with Gasteiger partial charge in [-0.05, 0) is 77.7 Å². The molecule has 0 spiro atoms. The molecule has 2 aromatic carbocycles. The van der Waals surface area contributed by atoms with Crippen molar-refractivity contribution in [1.29, 1.82) is 0 Å². The van der Waals surface area contributed by atoms with E-state index in [9.17, 15) is 31.5 Å². The maximum Gasteiger partial charge on any atom is 0.459 e. The van der Waals surface area contributed by atoms with Crippen molar-refractivity contribution in [3.05, 3.63) is 80.2 Å². The second-order valence-corrected chi connectivity index (χ2v) is 9.90. The van der Waals surface area contributed by atoms with Gasteiger partial charge in [-0.25, -0.2) is 0 Å². The van der Waals surface area contributed by atoms with E-state index < -0.39 is 23.7 Å². The molecule has 0 atom stereocenters. The van der Waals surface area contributed by atoms with Gasteiger partial charge >= 0.3 is 12.1 Å². The number of alkyl halides is 5. The van der Waals surface area contributed by atoms with Gasteiger partial charge in [0.1, 0.15) is 5.69 Å². The Kier molecular flexibility index (Phi) is 7.58. The molecule has 1 fully saturated rings. The summed E-state index contributed by atoms with van der Waals surface area (Å²) < 4.78 is 66.5. The third-order valence-corrected chi connectivity index (χ3v) is 6.97. The molecule has 37 heavy (non-hydrogen) atoms. The van der Waals surface area contributed by atoms with Gasteiger partial charge in [0.25, 0.3) is 11.8 Å². The van der Waals surface area contributed by atoms with Crippen LogP contribution < -0.4 is 5.32 Å². The van der Waals surface area contributed by atoms with E-state index in [-0.39, 0.29) is 18.0 Å². The lowest BCUT2D eigenvalue weighted by atomic mass is 10.0. The number of halogens is 6. The number of hydrogen-bond donors (Lipinski definition) is 1. The van der Waals surface area contributed by atoms with Crippen LogP contribution in [0, 0.1) is 10.5 Å². The Balaban J connectivity index is 1.50. The lowest BCUT2D eigenvalue weighted by molar-refractivity contribution is -0.291. The summed E-state index contributed by atoms with van der Waals surface area (Å²) in [5.41, 5.74) is 0.912. The molecule has 0 bridgehead atoms. The van der Waals surface area contributed by atoms with E-state index in [1.807, 2.05) is 22.6 Å². The number of aryl methyl sites for hydroxylation is 1. The van der Waals surface area contributed by atoms with Gasteiger partial charge < -0.3 is 10.2 Å². The van der Waals surface area contributed by atoms with Crippen LogP contribution in [0.3, 0.4) is 0 Å². The lowest BCUT2D eigenvalue weighted by Crippen LogP contribution is -2.34. The fraction of sp³-hybridized carbons (Fsp3) is 0.320. The van der Waals surface area contributed by atoms with Crippen molar-refractivity contribution in [2.75, 3.05) is 18.4 Å². The summed E-state index contributed by atoms with van der Waals surface area (Å²) in [6, 6.07) is 10.6. The maximum atomic E-state index is 13.5. The van der Waals surface area contributed by atoms with Crippen molar-refractivity contribution in [2.45, 2.75) is 38.4 Å². The lowest BCUT2D eigenvalue weighted by Gasteiger charge is -2.19. The summed E-state index contributed by atoms with van der Waals surface area (Å²) in [6.45, 7) is 2.97. The number of carbonyl (C=O) groups excluding carboxylic acids is 2. The van der Waals surface area contributed by atoms with Crippen LogP contribution in [0.5, 0.6) is 0 Å². The Morgan fingerprint density at radius 1 is 1.05 bits per heavy atom. The number of aromatic nitrogens is 2. The molecule has 2 amide bonds. The third-order valence-electron chi connectivity index (χ3n) is 6.07. The van der Waals surface area contributed by atoms with Crippen LogP contribution in [0.25, 0.3) is 0 Å². The largest absolute Gasteiger partial charge is 0.459 e. The molecule has 2 heterocycles. The second kappa shape index (κ2) is 10.4. The number of nitrogens with one attached hydrogen (secondary N) is 1. The van der Waals surface area contributed by atoms with Crippen LogP contribution in [-0.2, 0) is 12.5 Å². The van der Waals surface area contributed by atoms with E-state index in [4.69, 9.17) is 0 Å². The van der Waals surface area contributed by atoms with Gasteiger partial charge in [0.05, 0.1) is 17.7 Å². The van der Waals surface area contributed by atoms with Crippen molar-refractivity contribution in [3.63, 3.8) is 0 Å². The molecule has 4 rings (SSSR count). The summed E-state index contributed by atoms with van der Waals surface area (Å²) in [5.74, 6) is -5.69. The summed E-state index contributed by atoms with van der Waals surface area (Å²) in [4.78, 5) is 28.0. The summed E-state index contributed by atoms with van der Waals surface area (Å²) in [5, 5.41) is 6.20. The van der Waals surface area contributed by atoms with Gasteiger partial charge in [0.2, 0.25) is 0 Å².